The standard InChI is InChI=1S/C29H38N4O2S/c1-29(18-33-27(34)24-19-9-10-20(16-19)25(24)28(33)35)11-5-4-6-21(29)17-31-12-14-32(15-13-31)26-22-7-2-3-8-23(22)36-30-26/h2-3,7-8,19-21,24-25H,4-6,9-18H2,1H3/t19-,20?,21-,24+,25-,29-/m0/s1. The highest BCUT2D eigenvalue weighted by atomic mass is 32.1. The predicted octanol–water partition coefficient (Wildman–Crippen LogP) is 4.65. The summed E-state index contributed by atoms with van der Waals surface area (Å²) < 4.78 is 6.03. The van der Waals surface area contributed by atoms with Crippen molar-refractivity contribution in [3.05, 3.63) is 24.3 Å². The van der Waals surface area contributed by atoms with E-state index in [0.717, 1.165) is 64.2 Å². The highest BCUT2D eigenvalue weighted by Crippen LogP contribution is 2.57. The Hall–Kier alpha value is -1.99. The summed E-state index contributed by atoms with van der Waals surface area (Å²) in [6, 6.07) is 8.54. The van der Waals surface area contributed by atoms with Crippen LogP contribution in [0.4, 0.5) is 5.82 Å². The molecule has 36 heavy (non-hydrogen) atoms. The minimum Gasteiger partial charge on any atom is -0.353 e. The second-order valence-electron chi connectivity index (χ2n) is 12.5. The SMILES string of the molecule is C[C@@]1(CN2C(=O)[C@@H]3[C@H]4CCC(C4)[C@@H]3C2=O)CCCC[C@H]1CN1CCN(c2nsc3ccccc23)CC1. The number of imide groups is 1. The number of aromatic nitrogens is 1. The summed E-state index contributed by atoms with van der Waals surface area (Å²) in [5.41, 5.74) is 0.0313. The summed E-state index contributed by atoms with van der Waals surface area (Å²) in [7, 11) is 0. The molecule has 2 aromatic rings. The summed E-state index contributed by atoms with van der Waals surface area (Å²) in [5, 5.41) is 1.27. The van der Waals surface area contributed by atoms with Gasteiger partial charge in [0, 0.05) is 44.7 Å². The van der Waals surface area contributed by atoms with E-state index >= 15 is 0 Å². The molecule has 1 aromatic heterocycles. The Morgan fingerprint density at radius 3 is 2.44 bits per heavy atom. The van der Waals surface area contributed by atoms with Crippen LogP contribution < -0.4 is 4.90 Å². The molecular formula is C29H38N4O2S. The molecule has 3 saturated carbocycles. The van der Waals surface area contributed by atoms with Gasteiger partial charge < -0.3 is 4.90 Å². The molecule has 6 nitrogen and oxygen atoms in total. The minimum absolute atomic E-state index is 0.0109. The number of amides is 2. The number of piperazine rings is 1. The Morgan fingerprint density at radius 1 is 0.972 bits per heavy atom. The van der Waals surface area contributed by atoms with E-state index in [1.807, 2.05) is 0 Å². The fourth-order valence-electron chi connectivity index (χ4n) is 8.53. The van der Waals surface area contributed by atoms with E-state index in [9.17, 15) is 9.59 Å². The third-order valence-electron chi connectivity index (χ3n) is 10.6. The average molecular weight is 507 g/mol. The van der Waals surface area contributed by atoms with E-state index in [2.05, 4.69) is 41.0 Å². The van der Waals surface area contributed by atoms with Gasteiger partial charge in [0.15, 0.2) is 0 Å². The van der Waals surface area contributed by atoms with Crippen molar-refractivity contribution in [3.63, 3.8) is 0 Å². The molecular weight excluding hydrogens is 468 g/mol. The van der Waals surface area contributed by atoms with Gasteiger partial charge in [-0.2, -0.15) is 4.37 Å². The quantitative estimate of drug-likeness (QED) is 0.553. The van der Waals surface area contributed by atoms with Gasteiger partial charge in [-0.1, -0.05) is 31.9 Å². The van der Waals surface area contributed by atoms with Gasteiger partial charge >= 0.3 is 0 Å². The van der Waals surface area contributed by atoms with Crippen LogP contribution in [-0.2, 0) is 9.59 Å². The molecule has 0 radical (unpaired) electrons. The minimum atomic E-state index is 0.0109. The Bertz CT molecular complexity index is 1140. The summed E-state index contributed by atoms with van der Waals surface area (Å²) in [5.74, 6) is 3.00. The van der Waals surface area contributed by atoms with Crippen LogP contribution in [0.5, 0.6) is 0 Å². The molecule has 2 amide bonds. The highest BCUT2D eigenvalue weighted by Gasteiger charge is 2.61. The number of nitrogens with zero attached hydrogens (tertiary/aromatic N) is 4. The van der Waals surface area contributed by atoms with Gasteiger partial charge in [-0.05, 0) is 78.9 Å². The number of rotatable bonds is 5. The second-order valence-corrected chi connectivity index (χ2v) is 13.3. The monoisotopic (exact) mass is 506 g/mol. The van der Waals surface area contributed by atoms with Crippen LogP contribution in [0, 0.1) is 35.0 Å². The number of hydrogen-bond donors (Lipinski definition) is 0. The second kappa shape index (κ2) is 8.80. The third-order valence-corrected chi connectivity index (χ3v) is 11.4. The van der Waals surface area contributed by atoms with Crippen molar-refractivity contribution in [2.45, 2.75) is 51.9 Å². The van der Waals surface area contributed by atoms with Gasteiger partial charge in [0.25, 0.3) is 0 Å². The van der Waals surface area contributed by atoms with Crippen LogP contribution >= 0.6 is 11.5 Å². The van der Waals surface area contributed by atoms with E-state index in [1.165, 1.54) is 29.3 Å². The summed E-state index contributed by atoms with van der Waals surface area (Å²) in [6.45, 7) is 8.21. The molecule has 5 aliphatic rings. The molecule has 1 unspecified atom stereocenters. The van der Waals surface area contributed by atoms with E-state index in [-0.39, 0.29) is 29.1 Å². The Labute approximate surface area is 218 Å². The maximum Gasteiger partial charge on any atom is 0.233 e. The van der Waals surface area contributed by atoms with E-state index in [1.54, 1.807) is 16.4 Å². The third kappa shape index (κ3) is 3.64. The molecule has 6 atom stereocenters. The van der Waals surface area contributed by atoms with Crippen molar-refractivity contribution < 1.29 is 9.59 Å². The number of anilines is 1. The van der Waals surface area contributed by atoms with Crippen molar-refractivity contribution in [1.82, 2.24) is 14.2 Å². The van der Waals surface area contributed by atoms with E-state index < -0.39 is 0 Å². The van der Waals surface area contributed by atoms with Crippen LogP contribution in [0.1, 0.15) is 51.9 Å². The zero-order chi connectivity index (χ0) is 24.4. The lowest BCUT2D eigenvalue weighted by Gasteiger charge is -2.46. The molecule has 5 fully saturated rings. The zero-order valence-corrected chi connectivity index (χ0v) is 22.2. The largest absolute Gasteiger partial charge is 0.353 e. The number of carbonyl (C=O) groups excluding carboxylic acids is 2. The van der Waals surface area contributed by atoms with Gasteiger partial charge in [-0.25, -0.2) is 0 Å². The molecule has 3 aliphatic carbocycles. The zero-order valence-electron chi connectivity index (χ0n) is 21.4. The van der Waals surface area contributed by atoms with E-state index in [0.29, 0.717) is 24.3 Å². The van der Waals surface area contributed by atoms with Crippen LogP contribution in [0.2, 0.25) is 0 Å². The van der Waals surface area contributed by atoms with Crippen LogP contribution in [0.25, 0.3) is 10.1 Å². The van der Waals surface area contributed by atoms with Gasteiger partial charge in [-0.15, -0.1) is 0 Å². The van der Waals surface area contributed by atoms with Crippen LogP contribution in [0.3, 0.4) is 0 Å². The number of hydrogen-bond acceptors (Lipinski definition) is 6. The maximum absolute atomic E-state index is 13.4. The van der Waals surface area contributed by atoms with Crippen molar-refractivity contribution >= 4 is 39.3 Å². The first-order chi connectivity index (χ1) is 17.5. The number of benzene rings is 1. The predicted molar refractivity (Wildman–Crippen MR) is 143 cm³/mol. The van der Waals surface area contributed by atoms with Crippen molar-refractivity contribution in [2.24, 2.45) is 35.0 Å². The molecule has 2 saturated heterocycles. The molecule has 0 N–H and O–H groups in total. The average Bonchev–Trinajstić information content (AvgIpc) is 3.67. The van der Waals surface area contributed by atoms with E-state index in [4.69, 9.17) is 4.37 Å². The Kier molecular flexibility index (Phi) is 5.66. The highest BCUT2D eigenvalue weighted by molar-refractivity contribution is 7.13. The van der Waals surface area contributed by atoms with Gasteiger partial charge in [0.1, 0.15) is 5.82 Å². The maximum atomic E-state index is 13.4. The lowest BCUT2D eigenvalue weighted by molar-refractivity contribution is -0.144. The molecule has 2 aliphatic heterocycles. The first kappa shape index (κ1) is 23.2. The first-order valence-corrected chi connectivity index (χ1v) is 15.0. The molecule has 0 spiro atoms. The molecule has 2 bridgehead atoms. The summed E-state index contributed by atoms with van der Waals surface area (Å²) >= 11 is 1.60. The lowest BCUT2D eigenvalue weighted by atomic mass is 9.67. The van der Waals surface area contributed by atoms with Crippen LogP contribution in [0.15, 0.2) is 24.3 Å². The number of likely N-dealkylation sites (tertiary alicyclic amines) is 1. The fourth-order valence-corrected chi connectivity index (χ4v) is 9.33. The van der Waals surface area contributed by atoms with Gasteiger partial charge in [-0.3, -0.25) is 19.4 Å². The van der Waals surface area contributed by atoms with Crippen molar-refractivity contribution in [1.29, 1.82) is 0 Å². The Morgan fingerprint density at radius 2 is 1.69 bits per heavy atom. The molecule has 7 heteroatoms. The van der Waals surface area contributed by atoms with Gasteiger partial charge in [0.05, 0.1) is 16.5 Å². The fraction of sp³-hybridized carbons (Fsp3) is 0.690. The molecule has 192 valence electrons. The molecule has 1 aromatic carbocycles. The van der Waals surface area contributed by atoms with Crippen molar-refractivity contribution in [2.75, 3.05) is 44.2 Å². The topological polar surface area (TPSA) is 56.8 Å². The lowest BCUT2D eigenvalue weighted by Crippen LogP contribution is -2.52. The van der Waals surface area contributed by atoms with Crippen molar-refractivity contribution in [3.8, 4) is 0 Å². The summed E-state index contributed by atoms with van der Waals surface area (Å²) in [6.07, 6.45) is 8.24. The van der Waals surface area contributed by atoms with Crippen LogP contribution in [-0.4, -0.2) is 65.3 Å². The van der Waals surface area contributed by atoms with Gasteiger partial charge in [0.2, 0.25) is 11.8 Å². The number of fused-ring (bicyclic) bond motifs is 6. The number of carbonyl (C=O) groups is 2. The Balaban J connectivity index is 1.02. The smallest absolute Gasteiger partial charge is 0.233 e. The summed E-state index contributed by atoms with van der Waals surface area (Å²) in [4.78, 5) is 33.7. The molecule has 3 heterocycles. The first-order valence-electron chi connectivity index (χ1n) is 14.2. The normalized spacial score (nSPS) is 36.9. The molecule has 7 rings (SSSR count).